The number of carbonyl (C=O) groups is 1. The van der Waals surface area contributed by atoms with Gasteiger partial charge in [0.15, 0.2) is 0 Å². The Bertz CT molecular complexity index is 944. The zero-order valence-electron chi connectivity index (χ0n) is 19.8. The average Bonchev–Trinajstić information content (AvgIpc) is 3.67. The summed E-state index contributed by atoms with van der Waals surface area (Å²) >= 11 is 0. The highest BCUT2D eigenvalue weighted by molar-refractivity contribution is 6.04. The Morgan fingerprint density at radius 1 is 1.09 bits per heavy atom. The van der Waals surface area contributed by atoms with Gasteiger partial charge >= 0.3 is 0 Å². The SMILES string of the molecule is CC(C)(C)n1cc(NC(=O)c2cccc(C3CC3NC3CCN(C4CC4)CC3)c2)cn1.Cl.Cl. The fourth-order valence-corrected chi connectivity index (χ4v) is 4.79. The molecule has 1 aliphatic heterocycles. The number of hydrogen-bond donors (Lipinski definition) is 2. The van der Waals surface area contributed by atoms with Crippen molar-refractivity contribution >= 4 is 36.4 Å². The quantitative estimate of drug-likeness (QED) is 0.606. The van der Waals surface area contributed by atoms with Crippen LogP contribution in [-0.4, -0.2) is 51.8 Å². The fraction of sp³-hybridized carbons (Fsp3) is 0.600. The number of nitrogens with one attached hydrogen (secondary N) is 2. The maximum absolute atomic E-state index is 12.8. The second-order valence-electron chi connectivity index (χ2n) is 10.6. The zero-order valence-corrected chi connectivity index (χ0v) is 21.4. The second kappa shape index (κ2) is 10.3. The average molecular weight is 495 g/mol. The number of piperidine rings is 1. The Morgan fingerprint density at radius 3 is 2.45 bits per heavy atom. The molecule has 0 bridgehead atoms. The number of benzene rings is 1. The highest BCUT2D eigenvalue weighted by Gasteiger charge is 2.40. The van der Waals surface area contributed by atoms with Crippen LogP contribution >= 0.6 is 24.8 Å². The molecule has 0 spiro atoms. The van der Waals surface area contributed by atoms with E-state index in [2.05, 4.69) is 53.5 Å². The van der Waals surface area contributed by atoms with Gasteiger partial charge in [-0.2, -0.15) is 5.10 Å². The molecule has 33 heavy (non-hydrogen) atoms. The number of amides is 1. The smallest absolute Gasteiger partial charge is 0.255 e. The van der Waals surface area contributed by atoms with Gasteiger partial charge in [-0.1, -0.05) is 12.1 Å². The minimum absolute atomic E-state index is 0. The van der Waals surface area contributed by atoms with Gasteiger partial charge in [-0.3, -0.25) is 9.48 Å². The van der Waals surface area contributed by atoms with E-state index in [0.717, 1.165) is 11.7 Å². The lowest BCUT2D eigenvalue weighted by atomic mass is 10.0. The van der Waals surface area contributed by atoms with Crippen molar-refractivity contribution in [3.05, 3.63) is 47.8 Å². The lowest BCUT2D eigenvalue weighted by molar-refractivity contribution is 0.102. The van der Waals surface area contributed by atoms with Crippen molar-refractivity contribution in [1.82, 2.24) is 20.0 Å². The van der Waals surface area contributed by atoms with Crippen molar-refractivity contribution < 1.29 is 4.79 Å². The van der Waals surface area contributed by atoms with E-state index in [9.17, 15) is 4.79 Å². The Kier molecular flexibility index (Phi) is 8.15. The maximum atomic E-state index is 12.8. The van der Waals surface area contributed by atoms with Crippen LogP contribution in [0.2, 0.25) is 0 Å². The van der Waals surface area contributed by atoms with E-state index in [-0.39, 0.29) is 36.3 Å². The fourth-order valence-electron chi connectivity index (χ4n) is 4.79. The van der Waals surface area contributed by atoms with Crippen molar-refractivity contribution in [3.63, 3.8) is 0 Å². The first kappa shape index (κ1) is 26.0. The van der Waals surface area contributed by atoms with E-state index in [1.807, 2.05) is 23.0 Å². The van der Waals surface area contributed by atoms with Gasteiger partial charge in [-0.15, -0.1) is 24.8 Å². The Hall–Kier alpha value is -1.60. The molecule has 6 nitrogen and oxygen atoms in total. The highest BCUT2D eigenvalue weighted by atomic mass is 35.5. The Balaban J connectivity index is 0.00000153. The molecule has 2 aliphatic carbocycles. The van der Waals surface area contributed by atoms with Crippen molar-refractivity contribution in [3.8, 4) is 0 Å². The van der Waals surface area contributed by atoms with Gasteiger partial charge in [0.1, 0.15) is 0 Å². The van der Waals surface area contributed by atoms with Crippen LogP contribution in [-0.2, 0) is 5.54 Å². The third-order valence-electron chi connectivity index (χ3n) is 6.94. The molecule has 2 heterocycles. The summed E-state index contributed by atoms with van der Waals surface area (Å²) in [7, 11) is 0. The van der Waals surface area contributed by atoms with Gasteiger partial charge in [0.25, 0.3) is 5.91 Å². The Labute approximate surface area is 209 Å². The first-order valence-electron chi connectivity index (χ1n) is 11.8. The van der Waals surface area contributed by atoms with Gasteiger partial charge in [-0.05, 0) is 83.7 Å². The molecule has 0 radical (unpaired) electrons. The molecule has 1 amide bonds. The molecule has 2 unspecified atom stereocenters. The molecular formula is C25H37Cl2N5O. The van der Waals surface area contributed by atoms with E-state index in [1.165, 1.54) is 50.8 Å². The first-order valence-corrected chi connectivity index (χ1v) is 11.8. The standard InChI is InChI=1S/C25H35N5O.2ClH/c1-25(2,3)30-16-20(15-26-30)28-24(31)18-6-4-5-17(13-18)22-14-23(22)27-19-9-11-29(12-10-19)21-7-8-21;;/h4-6,13,15-16,19,21-23,27H,7-12,14H2,1-3H3,(H,28,31);2*1H. The predicted molar refractivity (Wildman–Crippen MR) is 138 cm³/mol. The van der Waals surface area contributed by atoms with Crippen molar-refractivity contribution in [2.45, 2.75) is 82.5 Å². The van der Waals surface area contributed by atoms with E-state index in [4.69, 9.17) is 0 Å². The summed E-state index contributed by atoms with van der Waals surface area (Å²) < 4.78 is 1.87. The molecule has 182 valence electrons. The van der Waals surface area contributed by atoms with Gasteiger partial charge in [0, 0.05) is 35.8 Å². The van der Waals surface area contributed by atoms with Crippen LogP contribution < -0.4 is 10.6 Å². The van der Waals surface area contributed by atoms with Crippen LogP contribution in [0.1, 0.15) is 74.7 Å². The number of carbonyl (C=O) groups excluding carboxylic acids is 1. The van der Waals surface area contributed by atoms with Crippen LogP contribution in [0.3, 0.4) is 0 Å². The van der Waals surface area contributed by atoms with Gasteiger partial charge < -0.3 is 15.5 Å². The summed E-state index contributed by atoms with van der Waals surface area (Å²) in [4.78, 5) is 15.5. The van der Waals surface area contributed by atoms with Crippen molar-refractivity contribution in [1.29, 1.82) is 0 Å². The molecule has 1 saturated heterocycles. The minimum Gasteiger partial charge on any atom is -0.319 e. The van der Waals surface area contributed by atoms with Crippen LogP contribution in [0.15, 0.2) is 36.7 Å². The van der Waals surface area contributed by atoms with E-state index >= 15 is 0 Å². The predicted octanol–water partition coefficient (Wildman–Crippen LogP) is 4.81. The summed E-state index contributed by atoms with van der Waals surface area (Å²) in [6.07, 6.45) is 10.1. The zero-order chi connectivity index (χ0) is 21.6. The lowest BCUT2D eigenvalue weighted by Gasteiger charge is -2.32. The monoisotopic (exact) mass is 493 g/mol. The Morgan fingerprint density at radius 2 is 1.82 bits per heavy atom. The van der Waals surface area contributed by atoms with Crippen LogP contribution in [0.4, 0.5) is 5.69 Å². The number of halogens is 2. The van der Waals surface area contributed by atoms with E-state index in [0.29, 0.717) is 23.6 Å². The molecule has 1 aromatic heterocycles. The molecule has 2 aromatic rings. The number of likely N-dealkylation sites (tertiary alicyclic amines) is 1. The van der Waals surface area contributed by atoms with Crippen molar-refractivity contribution in [2.75, 3.05) is 18.4 Å². The van der Waals surface area contributed by atoms with Crippen molar-refractivity contribution in [2.24, 2.45) is 0 Å². The number of aromatic nitrogens is 2. The van der Waals surface area contributed by atoms with Crippen LogP contribution in [0.25, 0.3) is 0 Å². The van der Waals surface area contributed by atoms with Gasteiger partial charge in [0.2, 0.25) is 0 Å². The summed E-state index contributed by atoms with van der Waals surface area (Å²) in [6.45, 7) is 8.77. The molecule has 2 atom stereocenters. The molecule has 8 heteroatoms. The molecule has 1 aromatic carbocycles. The molecule has 3 aliphatic rings. The molecular weight excluding hydrogens is 457 g/mol. The number of anilines is 1. The molecule has 2 saturated carbocycles. The minimum atomic E-state index is -0.106. The van der Waals surface area contributed by atoms with Crippen LogP contribution in [0, 0.1) is 0 Å². The van der Waals surface area contributed by atoms with Gasteiger partial charge in [-0.25, -0.2) is 0 Å². The topological polar surface area (TPSA) is 62.2 Å². The third kappa shape index (κ3) is 6.30. The number of rotatable bonds is 6. The van der Waals surface area contributed by atoms with E-state index < -0.39 is 0 Å². The molecule has 2 N–H and O–H groups in total. The summed E-state index contributed by atoms with van der Waals surface area (Å²) in [5, 5.41) is 11.2. The largest absolute Gasteiger partial charge is 0.319 e. The second-order valence-corrected chi connectivity index (χ2v) is 10.6. The van der Waals surface area contributed by atoms with Crippen LogP contribution in [0.5, 0.6) is 0 Å². The number of hydrogen-bond acceptors (Lipinski definition) is 4. The lowest BCUT2D eigenvalue weighted by Crippen LogP contribution is -2.44. The summed E-state index contributed by atoms with van der Waals surface area (Å²) in [5.41, 5.74) is 2.61. The summed E-state index contributed by atoms with van der Waals surface area (Å²) in [6, 6.07) is 10.2. The maximum Gasteiger partial charge on any atom is 0.255 e. The van der Waals surface area contributed by atoms with E-state index in [1.54, 1.807) is 6.20 Å². The first-order chi connectivity index (χ1) is 14.9. The normalized spacial score (nSPS) is 23.4. The highest BCUT2D eigenvalue weighted by Crippen LogP contribution is 2.42. The van der Waals surface area contributed by atoms with Gasteiger partial charge in [0.05, 0.1) is 17.4 Å². The molecule has 3 fully saturated rings. The third-order valence-corrected chi connectivity index (χ3v) is 6.94. The summed E-state index contributed by atoms with van der Waals surface area (Å²) in [5.74, 6) is 0.450. The molecule has 5 rings (SSSR count). The number of nitrogens with zero attached hydrogens (tertiary/aromatic N) is 3.